The molecule has 0 atom stereocenters. The van der Waals surface area contributed by atoms with E-state index in [2.05, 4.69) is 25.9 Å². The van der Waals surface area contributed by atoms with Crippen LogP contribution in [0.2, 0.25) is 0 Å². The van der Waals surface area contributed by atoms with Gasteiger partial charge in [0.25, 0.3) is 0 Å². The maximum absolute atomic E-state index is 11.9. The number of esters is 1. The molecule has 0 aliphatic carbocycles. The van der Waals surface area contributed by atoms with Crippen LogP contribution in [0.15, 0.2) is 34.9 Å². The molecule has 0 spiro atoms. The molecule has 0 aliphatic rings. The molecule has 0 bridgehead atoms. The summed E-state index contributed by atoms with van der Waals surface area (Å²) in [5.41, 5.74) is 1.70. The van der Waals surface area contributed by atoms with Crippen LogP contribution in [0.3, 0.4) is 0 Å². The topological polar surface area (TPSA) is 61.3 Å². The Morgan fingerprint density at radius 1 is 1.24 bits per heavy atom. The van der Waals surface area contributed by atoms with Crippen molar-refractivity contribution < 1.29 is 14.3 Å². The molecule has 0 fully saturated rings. The van der Waals surface area contributed by atoms with Gasteiger partial charge in [-0.25, -0.2) is 14.8 Å². The fourth-order valence-corrected chi connectivity index (χ4v) is 1.90. The van der Waals surface area contributed by atoms with Crippen LogP contribution < -0.4 is 4.74 Å². The normalized spacial score (nSPS) is 10.2. The Kier molecular flexibility index (Phi) is 5.27. The van der Waals surface area contributed by atoms with Crippen molar-refractivity contribution in [3.8, 4) is 5.88 Å². The summed E-state index contributed by atoms with van der Waals surface area (Å²) in [6.45, 7) is 4.09. The van der Waals surface area contributed by atoms with Gasteiger partial charge in [-0.1, -0.05) is 30.3 Å². The van der Waals surface area contributed by atoms with Crippen molar-refractivity contribution in [1.29, 1.82) is 0 Å². The van der Waals surface area contributed by atoms with E-state index in [1.807, 2.05) is 30.3 Å². The molecule has 1 aromatic heterocycles. The zero-order valence-corrected chi connectivity index (χ0v) is 13.4. The third-order valence-corrected chi connectivity index (χ3v) is 3.42. The van der Waals surface area contributed by atoms with Crippen molar-refractivity contribution in [2.24, 2.45) is 0 Å². The Labute approximate surface area is 131 Å². The molecule has 0 N–H and O–H groups in total. The smallest absolute Gasteiger partial charge is 0.362 e. The molecule has 0 unspecified atom stereocenters. The van der Waals surface area contributed by atoms with Gasteiger partial charge >= 0.3 is 5.97 Å². The van der Waals surface area contributed by atoms with E-state index in [0.717, 1.165) is 5.56 Å². The number of halogens is 1. The number of aryl methyl sites for hydroxylation is 1. The Morgan fingerprint density at radius 3 is 2.62 bits per heavy atom. The second-order valence-electron chi connectivity index (χ2n) is 4.25. The summed E-state index contributed by atoms with van der Waals surface area (Å²) in [4.78, 5) is 20.3. The van der Waals surface area contributed by atoms with Crippen LogP contribution in [-0.2, 0) is 11.3 Å². The van der Waals surface area contributed by atoms with E-state index in [-0.39, 0.29) is 18.2 Å². The van der Waals surface area contributed by atoms with Crippen LogP contribution in [0, 0.1) is 6.92 Å². The number of ether oxygens (including phenoxy) is 2. The molecule has 0 saturated heterocycles. The van der Waals surface area contributed by atoms with Crippen LogP contribution >= 0.6 is 15.9 Å². The predicted molar refractivity (Wildman–Crippen MR) is 81.2 cm³/mol. The first-order valence-corrected chi connectivity index (χ1v) is 7.29. The third kappa shape index (κ3) is 4.01. The largest absolute Gasteiger partial charge is 0.471 e. The van der Waals surface area contributed by atoms with Gasteiger partial charge in [0, 0.05) is 0 Å². The zero-order chi connectivity index (χ0) is 15.2. The summed E-state index contributed by atoms with van der Waals surface area (Å²) in [5.74, 6) is -0.369. The lowest BCUT2D eigenvalue weighted by molar-refractivity contribution is 0.0512. The Balaban J connectivity index is 2.24. The Hall–Kier alpha value is -1.95. The number of carbonyl (C=O) groups excluding carboxylic acids is 1. The van der Waals surface area contributed by atoms with Gasteiger partial charge in [-0.15, -0.1) is 0 Å². The van der Waals surface area contributed by atoms with E-state index >= 15 is 0 Å². The van der Waals surface area contributed by atoms with E-state index in [0.29, 0.717) is 16.9 Å². The van der Waals surface area contributed by atoms with Crippen molar-refractivity contribution in [2.75, 3.05) is 6.61 Å². The Bertz CT molecular complexity index is 632. The van der Waals surface area contributed by atoms with Crippen LogP contribution in [-0.4, -0.2) is 22.5 Å². The van der Waals surface area contributed by atoms with Gasteiger partial charge in [-0.3, -0.25) is 0 Å². The van der Waals surface area contributed by atoms with Gasteiger partial charge in [0.1, 0.15) is 11.2 Å². The molecule has 0 radical (unpaired) electrons. The molecule has 1 heterocycles. The molecule has 0 saturated carbocycles. The number of hydrogen-bond acceptors (Lipinski definition) is 5. The number of benzene rings is 1. The number of aromatic nitrogens is 2. The quantitative estimate of drug-likeness (QED) is 0.774. The molecule has 0 aliphatic heterocycles. The lowest BCUT2D eigenvalue weighted by atomic mass is 10.2. The fraction of sp³-hybridized carbons (Fsp3) is 0.267. The summed E-state index contributed by atoms with van der Waals surface area (Å²) in [7, 11) is 0. The molecule has 6 heteroatoms. The molecular formula is C15H15BrN2O3. The number of hydrogen-bond donors (Lipinski definition) is 0. The standard InChI is InChI=1S/C15H15BrN2O3/c1-3-20-15(19)12-14(17-10(2)13(16)18-12)21-9-11-7-5-4-6-8-11/h4-8H,3,9H2,1-2H3. The highest BCUT2D eigenvalue weighted by Gasteiger charge is 2.19. The van der Waals surface area contributed by atoms with E-state index < -0.39 is 5.97 Å². The first kappa shape index (κ1) is 15.4. The highest BCUT2D eigenvalue weighted by atomic mass is 79.9. The third-order valence-electron chi connectivity index (χ3n) is 2.67. The maximum atomic E-state index is 11.9. The summed E-state index contributed by atoms with van der Waals surface area (Å²) < 4.78 is 11.1. The van der Waals surface area contributed by atoms with Gasteiger partial charge in [0.2, 0.25) is 11.6 Å². The van der Waals surface area contributed by atoms with Gasteiger partial charge in [0.15, 0.2) is 0 Å². The van der Waals surface area contributed by atoms with Crippen molar-refractivity contribution in [1.82, 2.24) is 9.97 Å². The first-order valence-electron chi connectivity index (χ1n) is 6.49. The lowest BCUT2D eigenvalue weighted by Crippen LogP contribution is -2.12. The zero-order valence-electron chi connectivity index (χ0n) is 11.8. The van der Waals surface area contributed by atoms with E-state index in [9.17, 15) is 4.79 Å². The molecule has 110 valence electrons. The average Bonchev–Trinajstić information content (AvgIpc) is 2.49. The van der Waals surface area contributed by atoms with E-state index in [1.54, 1.807) is 13.8 Å². The molecule has 0 amide bonds. The predicted octanol–water partition coefficient (Wildman–Crippen LogP) is 3.30. The van der Waals surface area contributed by atoms with Gasteiger partial charge in [-0.2, -0.15) is 0 Å². The summed E-state index contributed by atoms with van der Waals surface area (Å²) in [6.07, 6.45) is 0. The minimum atomic E-state index is -0.547. The number of rotatable bonds is 5. The number of carbonyl (C=O) groups is 1. The van der Waals surface area contributed by atoms with Crippen molar-refractivity contribution in [2.45, 2.75) is 20.5 Å². The highest BCUT2D eigenvalue weighted by molar-refractivity contribution is 9.10. The SMILES string of the molecule is CCOC(=O)c1nc(Br)c(C)nc1OCc1ccccc1. The minimum Gasteiger partial charge on any atom is -0.471 e. The van der Waals surface area contributed by atoms with Crippen molar-refractivity contribution in [3.63, 3.8) is 0 Å². The van der Waals surface area contributed by atoms with E-state index in [1.165, 1.54) is 0 Å². The first-order chi connectivity index (χ1) is 10.1. The number of nitrogens with zero attached hydrogens (tertiary/aromatic N) is 2. The summed E-state index contributed by atoms with van der Waals surface area (Å²) in [6, 6.07) is 9.64. The maximum Gasteiger partial charge on any atom is 0.362 e. The average molecular weight is 351 g/mol. The molecule has 21 heavy (non-hydrogen) atoms. The van der Waals surface area contributed by atoms with Gasteiger partial charge in [-0.05, 0) is 35.3 Å². The summed E-state index contributed by atoms with van der Waals surface area (Å²) in [5, 5.41) is 0. The van der Waals surface area contributed by atoms with Crippen LogP contribution in [0.4, 0.5) is 0 Å². The second-order valence-corrected chi connectivity index (χ2v) is 5.00. The van der Waals surface area contributed by atoms with Crippen LogP contribution in [0.1, 0.15) is 28.7 Å². The molecule has 2 rings (SSSR count). The molecule has 5 nitrogen and oxygen atoms in total. The fourth-order valence-electron chi connectivity index (χ4n) is 1.64. The van der Waals surface area contributed by atoms with Gasteiger partial charge < -0.3 is 9.47 Å². The van der Waals surface area contributed by atoms with Crippen LogP contribution in [0.5, 0.6) is 5.88 Å². The highest BCUT2D eigenvalue weighted by Crippen LogP contribution is 2.21. The van der Waals surface area contributed by atoms with Crippen molar-refractivity contribution >= 4 is 21.9 Å². The van der Waals surface area contributed by atoms with Gasteiger partial charge in [0.05, 0.1) is 12.3 Å². The monoisotopic (exact) mass is 350 g/mol. The Morgan fingerprint density at radius 2 is 1.95 bits per heavy atom. The second kappa shape index (κ2) is 7.17. The molecular weight excluding hydrogens is 336 g/mol. The van der Waals surface area contributed by atoms with E-state index in [4.69, 9.17) is 9.47 Å². The molecule has 1 aromatic carbocycles. The van der Waals surface area contributed by atoms with Crippen LogP contribution in [0.25, 0.3) is 0 Å². The summed E-state index contributed by atoms with van der Waals surface area (Å²) >= 11 is 3.26. The lowest BCUT2D eigenvalue weighted by Gasteiger charge is -2.11. The van der Waals surface area contributed by atoms with Crippen molar-refractivity contribution in [3.05, 3.63) is 51.9 Å². The minimum absolute atomic E-state index is 0.0743. The molecule has 2 aromatic rings.